The first-order valence-electron chi connectivity index (χ1n) is 5.07. The third kappa shape index (κ3) is 2.14. The second kappa shape index (κ2) is 3.71. The van der Waals surface area contributed by atoms with Crippen molar-refractivity contribution in [3.05, 3.63) is 0 Å². The SMILES string of the molecule is CC(=O)CC[C@H]1[C@@H](C(=O)O)CC1(C)C. The van der Waals surface area contributed by atoms with Crippen molar-refractivity contribution in [2.45, 2.75) is 40.0 Å². The molecule has 0 unspecified atom stereocenters. The average Bonchev–Trinajstić information content (AvgIpc) is 1.99. The first-order valence-corrected chi connectivity index (χ1v) is 5.07. The van der Waals surface area contributed by atoms with Crippen LogP contribution < -0.4 is 0 Å². The van der Waals surface area contributed by atoms with E-state index in [1.807, 2.05) is 0 Å². The van der Waals surface area contributed by atoms with Gasteiger partial charge in [-0.05, 0) is 31.1 Å². The molecule has 0 radical (unpaired) electrons. The molecule has 0 aliphatic heterocycles. The molecule has 80 valence electrons. The molecule has 0 heterocycles. The Morgan fingerprint density at radius 1 is 1.43 bits per heavy atom. The van der Waals surface area contributed by atoms with Crippen LogP contribution in [-0.2, 0) is 9.59 Å². The van der Waals surface area contributed by atoms with Gasteiger partial charge in [-0.1, -0.05) is 13.8 Å². The summed E-state index contributed by atoms with van der Waals surface area (Å²) in [7, 11) is 0. The quantitative estimate of drug-likeness (QED) is 0.752. The molecule has 1 N–H and O–H groups in total. The molecule has 1 saturated carbocycles. The lowest BCUT2D eigenvalue weighted by Gasteiger charge is -2.49. The molecule has 0 bridgehead atoms. The van der Waals surface area contributed by atoms with Crippen LogP contribution in [0.2, 0.25) is 0 Å². The van der Waals surface area contributed by atoms with E-state index in [1.165, 1.54) is 0 Å². The van der Waals surface area contributed by atoms with Gasteiger partial charge >= 0.3 is 5.97 Å². The summed E-state index contributed by atoms with van der Waals surface area (Å²) >= 11 is 0. The average molecular weight is 198 g/mol. The fourth-order valence-corrected chi connectivity index (χ4v) is 2.45. The van der Waals surface area contributed by atoms with Gasteiger partial charge in [0.2, 0.25) is 0 Å². The first-order chi connectivity index (χ1) is 6.34. The Morgan fingerprint density at radius 3 is 2.36 bits per heavy atom. The van der Waals surface area contributed by atoms with Crippen molar-refractivity contribution in [3.8, 4) is 0 Å². The van der Waals surface area contributed by atoms with E-state index in [2.05, 4.69) is 13.8 Å². The van der Waals surface area contributed by atoms with Gasteiger partial charge in [0.05, 0.1) is 5.92 Å². The van der Waals surface area contributed by atoms with Gasteiger partial charge in [-0.25, -0.2) is 0 Å². The number of aliphatic carboxylic acids is 1. The highest BCUT2D eigenvalue weighted by atomic mass is 16.4. The van der Waals surface area contributed by atoms with Crippen LogP contribution in [0.4, 0.5) is 0 Å². The van der Waals surface area contributed by atoms with E-state index in [0.29, 0.717) is 6.42 Å². The van der Waals surface area contributed by atoms with Crippen molar-refractivity contribution in [2.75, 3.05) is 0 Å². The number of hydrogen-bond acceptors (Lipinski definition) is 2. The van der Waals surface area contributed by atoms with E-state index in [9.17, 15) is 9.59 Å². The molecule has 1 rings (SSSR count). The van der Waals surface area contributed by atoms with E-state index >= 15 is 0 Å². The van der Waals surface area contributed by atoms with Crippen LogP contribution in [0.25, 0.3) is 0 Å². The Hall–Kier alpha value is -0.860. The third-order valence-electron chi connectivity index (χ3n) is 3.36. The molecule has 3 nitrogen and oxygen atoms in total. The molecule has 0 saturated heterocycles. The van der Waals surface area contributed by atoms with Crippen molar-refractivity contribution in [1.82, 2.24) is 0 Å². The number of hydrogen-bond donors (Lipinski definition) is 1. The monoisotopic (exact) mass is 198 g/mol. The van der Waals surface area contributed by atoms with Gasteiger partial charge in [0.15, 0.2) is 0 Å². The molecule has 1 aliphatic rings. The zero-order chi connectivity index (χ0) is 10.9. The van der Waals surface area contributed by atoms with Crippen LogP contribution >= 0.6 is 0 Å². The predicted molar refractivity (Wildman–Crippen MR) is 52.9 cm³/mol. The number of carboxylic acids is 1. The predicted octanol–water partition coefficient (Wildman–Crippen LogP) is 2.10. The summed E-state index contributed by atoms with van der Waals surface area (Å²) < 4.78 is 0. The van der Waals surface area contributed by atoms with Crippen molar-refractivity contribution in [2.24, 2.45) is 17.3 Å². The normalized spacial score (nSPS) is 29.4. The van der Waals surface area contributed by atoms with Crippen LogP contribution in [0.15, 0.2) is 0 Å². The largest absolute Gasteiger partial charge is 0.481 e. The molecule has 2 atom stereocenters. The lowest BCUT2D eigenvalue weighted by Crippen LogP contribution is -2.47. The number of carbonyl (C=O) groups is 2. The Bertz CT molecular complexity index is 255. The fraction of sp³-hybridized carbons (Fsp3) is 0.818. The van der Waals surface area contributed by atoms with Crippen LogP contribution in [0.3, 0.4) is 0 Å². The van der Waals surface area contributed by atoms with Gasteiger partial charge in [-0.2, -0.15) is 0 Å². The molecule has 0 aromatic rings. The Morgan fingerprint density at radius 2 is 2.00 bits per heavy atom. The zero-order valence-corrected chi connectivity index (χ0v) is 9.04. The Balaban J connectivity index is 2.53. The minimum Gasteiger partial charge on any atom is -0.481 e. The highest BCUT2D eigenvalue weighted by molar-refractivity contribution is 5.76. The van der Waals surface area contributed by atoms with Crippen LogP contribution in [0.1, 0.15) is 40.0 Å². The van der Waals surface area contributed by atoms with Crippen molar-refractivity contribution >= 4 is 11.8 Å². The topological polar surface area (TPSA) is 54.4 Å². The maximum absolute atomic E-state index is 10.8. The second-order valence-electron chi connectivity index (χ2n) is 4.98. The first kappa shape index (κ1) is 11.2. The summed E-state index contributed by atoms with van der Waals surface area (Å²) in [5.74, 6) is -0.622. The lowest BCUT2D eigenvalue weighted by atomic mass is 9.54. The number of ketones is 1. The highest BCUT2D eigenvalue weighted by Gasteiger charge is 2.50. The molecule has 1 aliphatic carbocycles. The van der Waals surface area contributed by atoms with Crippen molar-refractivity contribution in [1.29, 1.82) is 0 Å². The summed E-state index contributed by atoms with van der Waals surface area (Å²) in [6, 6.07) is 0. The molecule has 0 spiro atoms. The van der Waals surface area contributed by atoms with Crippen molar-refractivity contribution < 1.29 is 14.7 Å². The molecule has 14 heavy (non-hydrogen) atoms. The Labute approximate surface area is 84.5 Å². The van der Waals surface area contributed by atoms with Gasteiger partial charge in [0, 0.05) is 6.42 Å². The zero-order valence-electron chi connectivity index (χ0n) is 9.04. The number of rotatable bonds is 4. The fourth-order valence-electron chi connectivity index (χ4n) is 2.45. The number of carbonyl (C=O) groups excluding carboxylic acids is 1. The minimum absolute atomic E-state index is 0.0957. The van der Waals surface area contributed by atoms with Crippen LogP contribution in [0, 0.1) is 17.3 Å². The van der Waals surface area contributed by atoms with E-state index in [0.717, 1.165) is 12.8 Å². The lowest BCUT2D eigenvalue weighted by molar-refractivity contribution is -0.157. The summed E-state index contributed by atoms with van der Waals surface area (Å²) in [6.07, 6.45) is 1.97. The van der Waals surface area contributed by atoms with Gasteiger partial charge < -0.3 is 9.90 Å². The third-order valence-corrected chi connectivity index (χ3v) is 3.36. The summed E-state index contributed by atoms with van der Waals surface area (Å²) in [4.78, 5) is 21.7. The number of carboxylic acid groups (broad SMARTS) is 1. The van der Waals surface area contributed by atoms with Crippen LogP contribution in [0.5, 0.6) is 0 Å². The molecule has 0 aromatic heterocycles. The summed E-state index contributed by atoms with van der Waals surface area (Å²) in [5.41, 5.74) is 0.0957. The molecule has 3 heteroatoms. The smallest absolute Gasteiger partial charge is 0.306 e. The van der Waals surface area contributed by atoms with E-state index < -0.39 is 5.97 Å². The Kier molecular flexibility index (Phi) is 2.98. The van der Waals surface area contributed by atoms with Gasteiger partial charge in [-0.15, -0.1) is 0 Å². The molecule has 1 fully saturated rings. The molecular weight excluding hydrogens is 180 g/mol. The maximum Gasteiger partial charge on any atom is 0.306 e. The highest BCUT2D eigenvalue weighted by Crippen LogP contribution is 2.52. The van der Waals surface area contributed by atoms with E-state index in [1.54, 1.807) is 6.92 Å². The van der Waals surface area contributed by atoms with Gasteiger partial charge in [0.1, 0.15) is 5.78 Å². The molecular formula is C11H18O3. The number of Topliss-reactive ketones (excluding diaryl/α,β-unsaturated/α-hetero) is 1. The standard InChI is InChI=1S/C11H18O3/c1-7(12)4-5-9-8(10(13)14)6-11(9,2)3/h8-9H,4-6H2,1-3H3,(H,13,14)/t8-,9-/m0/s1. The second-order valence-corrected chi connectivity index (χ2v) is 4.98. The maximum atomic E-state index is 10.8. The van der Waals surface area contributed by atoms with Crippen molar-refractivity contribution in [3.63, 3.8) is 0 Å². The minimum atomic E-state index is -0.710. The van der Waals surface area contributed by atoms with Crippen LogP contribution in [-0.4, -0.2) is 16.9 Å². The van der Waals surface area contributed by atoms with Gasteiger partial charge in [0.25, 0.3) is 0 Å². The molecule has 0 amide bonds. The summed E-state index contributed by atoms with van der Waals surface area (Å²) in [5, 5.41) is 8.92. The molecule has 0 aromatic carbocycles. The summed E-state index contributed by atoms with van der Waals surface area (Å²) in [6.45, 7) is 5.72. The van der Waals surface area contributed by atoms with Gasteiger partial charge in [-0.3, -0.25) is 4.79 Å². The van der Waals surface area contributed by atoms with E-state index in [-0.39, 0.29) is 23.0 Å². The van der Waals surface area contributed by atoms with E-state index in [4.69, 9.17) is 5.11 Å².